The first kappa shape index (κ1) is 29.8. The molecule has 2 unspecified atom stereocenters. The minimum Gasteiger partial charge on any atom is -0.491 e. The van der Waals surface area contributed by atoms with E-state index in [4.69, 9.17) is 19.2 Å². The van der Waals surface area contributed by atoms with Crippen molar-refractivity contribution in [2.45, 2.75) is 45.4 Å². The van der Waals surface area contributed by atoms with Gasteiger partial charge in [0.1, 0.15) is 11.5 Å². The second-order valence-electron chi connectivity index (χ2n) is 12.3. The predicted octanol–water partition coefficient (Wildman–Crippen LogP) is 2.50. The summed E-state index contributed by atoms with van der Waals surface area (Å²) in [7, 11) is 3.88. The van der Waals surface area contributed by atoms with Crippen LogP contribution >= 0.6 is 0 Å². The highest BCUT2D eigenvalue weighted by Crippen LogP contribution is 2.45. The van der Waals surface area contributed by atoms with E-state index in [9.17, 15) is 4.79 Å². The summed E-state index contributed by atoms with van der Waals surface area (Å²) in [5.74, 6) is 1.96. The predicted molar refractivity (Wildman–Crippen MR) is 167 cm³/mol. The smallest absolute Gasteiger partial charge is 0.241 e. The number of morpholine rings is 1. The summed E-state index contributed by atoms with van der Waals surface area (Å²) in [5, 5.41) is 1.99. The quantitative estimate of drug-likeness (QED) is 0.412. The Labute approximate surface area is 255 Å². The van der Waals surface area contributed by atoms with Crippen LogP contribution < -0.4 is 19.9 Å². The summed E-state index contributed by atoms with van der Waals surface area (Å²) in [6.45, 7) is 12.2. The largest absolute Gasteiger partial charge is 0.491 e. The number of carbonyl (C=O) groups excluding carboxylic acids is 1. The van der Waals surface area contributed by atoms with Gasteiger partial charge in [0, 0.05) is 56.4 Å². The van der Waals surface area contributed by atoms with Crippen LogP contribution in [0.15, 0.2) is 41.1 Å². The lowest BCUT2D eigenvalue weighted by Gasteiger charge is -2.50. The lowest BCUT2D eigenvalue weighted by atomic mass is 10.0. The number of nitrogens with one attached hydrogen (secondary N) is 1. The zero-order valence-electron chi connectivity index (χ0n) is 26.1. The van der Waals surface area contributed by atoms with Gasteiger partial charge < -0.3 is 24.0 Å². The summed E-state index contributed by atoms with van der Waals surface area (Å²) >= 11 is 0. The van der Waals surface area contributed by atoms with Gasteiger partial charge in [0.2, 0.25) is 12.2 Å². The summed E-state index contributed by atoms with van der Waals surface area (Å²) in [6.07, 6.45) is 9.73. The number of rotatable bonds is 10. The molecular formula is C32H47N7O4. The highest BCUT2D eigenvalue weighted by atomic mass is 16.5. The van der Waals surface area contributed by atoms with Gasteiger partial charge in [0.25, 0.3) is 0 Å². The van der Waals surface area contributed by atoms with Crippen LogP contribution in [0.1, 0.15) is 38.7 Å². The highest BCUT2D eigenvalue weighted by molar-refractivity contribution is 6.08. The number of amidine groups is 1. The van der Waals surface area contributed by atoms with Gasteiger partial charge in [-0.1, -0.05) is 26.0 Å². The van der Waals surface area contributed by atoms with Crippen molar-refractivity contribution in [2.75, 3.05) is 84.8 Å². The van der Waals surface area contributed by atoms with Gasteiger partial charge in [-0.05, 0) is 50.6 Å². The first-order valence-electron chi connectivity index (χ1n) is 15.9. The van der Waals surface area contributed by atoms with Crippen molar-refractivity contribution in [2.24, 2.45) is 10.9 Å². The third kappa shape index (κ3) is 6.07. The topological polar surface area (TPSA) is 85.3 Å². The lowest BCUT2D eigenvalue weighted by molar-refractivity contribution is -0.124. The molecule has 6 rings (SSSR count). The minimum absolute atomic E-state index is 0.0540. The SMILES string of the molecule is COc1c(OCCCN2CCOCC2)ccc2c1N(NC(=O)C(C)C)C(N1C=C(C3CCCN3C)C=CC1)N1CCN=C21. The molecular weight excluding hydrogens is 546 g/mol. The van der Waals surface area contributed by atoms with Crippen LogP contribution in [0.2, 0.25) is 0 Å². The molecule has 2 saturated heterocycles. The van der Waals surface area contributed by atoms with Crippen LogP contribution in [0, 0.1) is 5.92 Å². The normalized spacial score (nSPS) is 24.2. The van der Waals surface area contributed by atoms with E-state index in [1.54, 1.807) is 7.11 Å². The number of aliphatic imine (C=N–C) groups is 1. The maximum Gasteiger partial charge on any atom is 0.241 e. The van der Waals surface area contributed by atoms with Crippen molar-refractivity contribution in [3.05, 3.63) is 41.6 Å². The van der Waals surface area contributed by atoms with E-state index >= 15 is 0 Å². The number of methoxy groups -OCH3 is 1. The van der Waals surface area contributed by atoms with Crippen molar-refractivity contribution in [1.29, 1.82) is 0 Å². The molecule has 0 aromatic heterocycles. The molecule has 1 amide bonds. The molecule has 1 aromatic carbocycles. The van der Waals surface area contributed by atoms with Crippen LogP contribution in [0.3, 0.4) is 0 Å². The maximum absolute atomic E-state index is 13.4. The second kappa shape index (κ2) is 13.2. The Morgan fingerprint density at radius 1 is 1.19 bits per heavy atom. The number of likely N-dealkylation sites (tertiary alicyclic amines) is 1. The van der Waals surface area contributed by atoms with Crippen LogP contribution in [0.5, 0.6) is 11.5 Å². The highest BCUT2D eigenvalue weighted by Gasteiger charge is 2.44. The molecule has 43 heavy (non-hydrogen) atoms. The molecule has 5 aliphatic heterocycles. The number of likely N-dealkylation sites (N-methyl/N-ethyl adjacent to an activating group) is 1. The molecule has 0 radical (unpaired) electrons. The lowest BCUT2D eigenvalue weighted by Crippen LogP contribution is -2.66. The molecule has 234 valence electrons. The molecule has 5 aliphatic rings. The number of hydrogen-bond donors (Lipinski definition) is 1. The Bertz CT molecular complexity index is 1260. The Hall–Kier alpha value is -3.28. The maximum atomic E-state index is 13.4. The van der Waals surface area contributed by atoms with Crippen molar-refractivity contribution >= 4 is 17.4 Å². The number of nitrogens with zero attached hydrogens (tertiary/aromatic N) is 6. The Balaban J connectivity index is 1.33. The molecule has 2 fully saturated rings. The molecule has 1 aromatic rings. The fraction of sp³-hybridized carbons (Fsp3) is 0.625. The summed E-state index contributed by atoms with van der Waals surface area (Å²) < 4.78 is 17.9. The molecule has 1 N–H and O–H groups in total. The summed E-state index contributed by atoms with van der Waals surface area (Å²) in [6, 6.07) is 4.43. The summed E-state index contributed by atoms with van der Waals surface area (Å²) in [5.41, 5.74) is 6.30. The molecule has 0 spiro atoms. The van der Waals surface area contributed by atoms with Crippen LogP contribution in [-0.4, -0.2) is 123 Å². The fourth-order valence-electron chi connectivity index (χ4n) is 6.73. The molecule has 11 nitrogen and oxygen atoms in total. The Morgan fingerprint density at radius 2 is 2.02 bits per heavy atom. The zero-order valence-corrected chi connectivity index (χ0v) is 26.1. The fourth-order valence-corrected chi connectivity index (χ4v) is 6.73. The molecule has 0 bridgehead atoms. The minimum atomic E-state index is -0.312. The van der Waals surface area contributed by atoms with E-state index in [0.717, 1.165) is 82.4 Å². The number of carbonyl (C=O) groups is 1. The van der Waals surface area contributed by atoms with E-state index in [1.807, 2.05) is 24.9 Å². The molecule has 0 aliphatic carbocycles. The number of ether oxygens (including phenoxy) is 3. The number of hydrogen-bond acceptors (Lipinski definition) is 10. The van der Waals surface area contributed by atoms with E-state index in [0.29, 0.717) is 30.7 Å². The molecule has 0 saturated carbocycles. The van der Waals surface area contributed by atoms with Gasteiger partial charge >= 0.3 is 0 Å². The van der Waals surface area contributed by atoms with Crippen LogP contribution in [0.4, 0.5) is 5.69 Å². The average Bonchev–Trinajstić information content (AvgIpc) is 3.69. The van der Waals surface area contributed by atoms with Gasteiger partial charge in [-0.25, -0.2) is 5.01 Å². The first-order chi connectivity index (χ1) is 21.0. The van der Waals surface area contributed by atoms with Crippen LogP contribution in [0.25, 0.3) is 0 Å². The molecule has 5 heterocycles. The Kier molecular flexibility index (Phi) is 9.11. The van der Waals surface area contributed by atoms with Gasteiger partial charge in [-0.2, -0.15) is 0 Å². The van der Waals surface area contributed by atoms with E-state index in [1.165, 1.54) is 12.0 Å². The van der Waals surface area contributed by atoms with Crippen LogP contribution in [-0.2, 0) is 9.53 Å². The third-order valence-corrected chi connectivity index (χ3v) is 9.04. The Morgan fingerprint density at radius 3 is 2.77 bits per heavy atom. The van der Waals surface area contributed by atoms with E-state index in [2.05, 4.69) is 56.5 Å². The first-order valence-corrected chi connectivity index (χ1v) is 15.9. The van der Waals surface area contributed by atoms with Crippen molar-refractivity contribution in [3.63, 3.8) is 0 Å². The zero-order chi connectivity index (χ0) is 29.9. The molecule has 11 heteroatoms. The molecule has 2 atom stereocenters. The average molecular weight is 594 g/mol. The van der Waals surface area contributed by atoms with Gasteiger partial charge in [0.05, 0.1) is 33.5 Å². The van der Waals surface area contributed by atoms with E-state index < -0.39 is 0 Å². The van der Waals surface area contributed by atoms with E-state index in [-0.39, 0.29) is 18.1 Å². The van der Waals surface area contributed by atoms with Gasteiger partial charge in [-0.3, -0.25) is 25.0 Å². The van der Waals surface area contributed by atoms with Crippen molar-refractivity contribution in [3.8, 4) is 11.5 Å². The number of anilines is 1. The number of hydrazine groups is 1. The number of amides is 1. The van der Waals surface area contributed by atoms with Gasteiger partial charge in [0.15, 0.2) is 11.5 Å². The summed E-state index contributed by atoms with van der Waals surface area (Å²) in [4.78, 5) is 27.8. The van der Waals surface area contributed by atoms with Crippen molar-refractivity contribution in [1.82, 2.24) is 25.0 Å². The van der Waals surface area contributed by atoms with Crippen molar-refractivity contribution < 1.29 is 19.0 Å². The number of benzene rings is 1. The number of fused-ring (bicyclic) bond motifs is 3. The third-order valence-electron chi connectivity index (χ3n) is 9.04. The second-order valence-corrected chi connectivity index (χ2v) is 12.3. The van der Waals surface area contributed by atoms with Gasteiger partial charge in [-0.15, -0.1) is 0 Å². The standard InChI is InChI=1S/C32H47N7O4/c1-23(2)31(40)34-39-28-25(10-11-27(29(28)41-4)43-19-7-14-36-17-20-42-21-18-36)30-33-12-16-38(30)32(39)37-15-5-8-24(22-37)26-9-6-13-35(26)3/h5,8,10-11,22-23,26,32H,6-7,9,12-21H2,1-4H3,(H,34,40). The monoisotopic (exact) mass is 593 g/mol.